The second-order valence-corrected chi connectivity index (χ2v) is 5.78. The van der Waals surface area contributed by atoms with Gasteiger partial charge in [0.2, 0.25) is 0 Å². The highest BCUT2D eigenvalue weighted by molar-refractivity contribution is 5.94. The summed E-state index contributed by atoms with van der Waals surface area (Å²) in [5.41, 5.74) is 1.66. The summed E-state index contributed by atoms with van der Waals surface area (Å²) in [5.74, 6) is -0.930. The number of nitrogens with one attached hydrogen (secondary N) is 1. The Labute approximate surface area is 154 Å². The highest BCUT2D eigenvalue weighted by atomic mass is 19.3. The van der Waals surface area contributed by atoms with Crippen molar-refractivity contribution >= 4 is 5.91 Å². The number of carbonyl (C=O) groups is 1. The maximum absolute atomic E-state index is 13.4. The SMILES string of the molecule is O=C(N[C@@H](c1ccccc1)c1ccc(OC(F)F)cc1)c1cccc(F)c1. The monoisotopic (exact) mass is 371 g/mol. The molecule has 0 spiro atoms. The normalized spacial score (nSPS) is 11.9. The van der Waals surface area contributed by atoms with Crippen molar-refractivity contribution < 1.29 is 22.7 Å². The van der Waals surface area contributed by atoms with E-state index >= 15 is 0 Å². The summed E-state index contributed by atoms with van der Waals surface area (Å²) in [6.45, 7) is -2.91. The summed E-state index contributed by atoms with van der Waals surface area (Å²) in [7, 11) is 0. The van der Waals surface area contributed by atoms with Crippen LogP contribution < -0.4 is 10.1 Å². The van der Waals surface area contributed by atoms with Crippen LogP contribution in [0.25, 0.3) is 0 Å². The van der Waals surface area contributed by atoms with Crippen LogP contribution in [0.2, 0.25) is 0 Å². The van der Waals surface area contributed by atoms with Crippen molar-refractivity contribution in [3.8, 4) is 5.75 Å². The van der Waals surface area contributed by atoms with Crippen molar-refractivity contribution in [1.82, 2.24) is 5.32 Å². The van der Waals surface area contributed by atoms with E-state index in [4.69, 9.17) is 0 Å². The first-order valence-corrected chi connectivity index (χ1v) is 8.19. The number of hydrogen-bond acceptors (Lipinski definition) is 2. The van der Waals surface area contributed by atoms with Crippen molar-refractivity contribution in [2.24, 2.45) is 0 Å². The molecule has 0 radical (unpaired) electrons. The predicted octanol–water partition coefficient (Wildman–Crippen LogP) is 4.95. The van der Waals surface area contributed by atoms with Crippen molar-refractivity contribution in [3.63, 3.8) is 0 Å². The van der Waals surface area contributed by atoms with Crippen molar-refractivity contribution in [2.75, 3.05) is 0 Å². The summed E-state index contributed by atoms with van der Waals surface area (Å²) in [6, 6.07) is 20.0. The average molecular weight is 371 g/mol. The van der Waals surface area contributed by atoms with E-state index in [1.807, 2.05) is 30.3 Å². The van der Waals surface area contributed by atoms with Gasteiger partial charge in [-0.2, -0.15) is 8.78 Å². The first-order chi connectivity index (χ1) is 13.0. The van der Waals surface area contributed by atoms with E-state index in [1.54, 1.807) is 12.1 Å². The largest absolute Gasteiger partial charge is 0.435 e. The van der Waals surface area contributed by atoms with Crippen molar-refractivity contribution in [3.05, 3.63) is 101 Å². The van der Waals surface area contributed by atoms with Gasteiger partial charge in [-0.05, 0) is 41.5 Å². The van der Waals surface area contributed by atoms with Gasteiger partial charge in [-0.25, -0.2) is 4.39 Å². The van der Waals surface area contributed by atoms with Gasteiger partial charge in [0.1, 0.15) is 11.6 Å². The lowest BCUT2D eigenvalue weighted by molar-refractivity contribution is -0.0498. The van der Waals surface area contributed by atoms with E-state index in [0.29, 0.717) is 5.56 Å². The molecule has 1 N–H and O–H groups in total. The number of ether oxygens (including phenoxy) is 1. The third-order valence-corrected chi connectivity index (χ3v) is 3.93. The van der Waals surface area contributed by atoms with Crippen LogP contribution in [0.15, 0.2) is 78.9 Å². The third kappa shape index (κ3) is 4.88. The molecule has 3 nitrogen and oxygen atoms in total. The lowest BCUT2D eigenvalue weighted by Gasteiger charge is -2.20. The van der Waals surface area contributed by atoms with Gasteiger partial charge in [0, 0.05) is 5.56 Å². The Kier molecular flexibility index (Phi) is 5.76. The van der Waals surface area contributed by atoms with Gasteiger partial charge >= 0.3 is 6.61 Å². The summed E-state index contributed by atoms with van der Waals surface area (Å²) >= 11 is 0. The molecule has 0 saturated carbocycles. The molecular weight excluding hydrogens is 355 g/mol. The fourth-order valence-electron chi connectivity index (χ4n) is 2.69. The number of carbonyl (C=O) groups excluding carboxylic acids is 1. The van der Waals surface area contributed by atoms with Gasteiger partial charge in [0.15, 0.2) is 0 Å². The zero-order chi connectivity index (χ0) is 19.2. The Morgan fingerprint density at radius 1 is 0.852 bits per heavy atom. The number of alkyl halides is 2. The molecule has 3 aromatic carbocycles. The van der Waals surface area contributed by atoms with E-state index in [9.17, 15) is 18.0 Å². The van der Waals surface area contributed by atoms with E-state index in [-0.39, 0.29) is 11.3 Å². The molecule has 0 aromatic heterocycles. The molecule has 1 amide bonds. The molecule has 6 heteroatoms. The van der Waals surface area contributed by atoms with E-state index in [1.165, 1.54) is 30.3 Å². The van der Waals surface area contributed by atoms with Crippen LogP contribution in [0.4, 0.5) is 13.2 Å². The molecule has 0 unspecified atom stereocenters. The van der Waals surface area contributed by atoms with Crippen LogP contribution in [-0.2, 0) is 0 Å². The number of benzene rings is 3. The minimum Gasteiger partial charge on any atom is -0.435 e. The molecule has 1 atom stereocenters. The predicted molar refractivity (Wildman–Crippen MR) is 95.2 cm³/mol. The molecule has 27 heavy (non-hydrogen) atoms. The fraction of sp³-hybridized carbons (Fsp3) is 0.0952. The van der Waals surface area contributed by atoms with Crippen LogP contribution in [-0.4, -0.2) is 12.5 Å². The molecule has 0 saturated heterocycles. The van der Waals surface area contributed by atoms with E-state index in [0.717, 1.165) is 11.6 Å². The van der Waals surface area contributed by atoms with Crippen molar-refractivity contribution in [1.29, 1.82) is 0 Å². The van der Waals surface area contributed by atoms with Crippen LogP contribution in [0, 0.1) is 5.82 Å². The van der Waals surface area contributed by atoms with Gasteiger partial charge < -0.3 is 10.1 Å². The Morgan fingerprint density at radius 3 is 2.15 bits per heavy atom. The number of hydrogen-bond donors (Lipinski definition) is 1. The minimum atomic E-state index is -2.91. The Balaban J connectivity index is 1.89. The van der Waals surface area contributed by atoms with Gasteiger partial charge in [0.05, 0.1) is 6.04 Å². The number of rotatable bonds is 6. The summed E-state index contributed by atoms with van der Waals surface area (Å²) < 4.78 is 42.4. The maximum atomic E-state index is 13.4. The zero-order valence-electron chi connectivity index (χ0n) is 14.1. The van der Waals surface area contributed by atoms with E-state index in [2.05, 4.69) is 10.1 Å². The lowest BCUT2D eigenvalue weighted by atomic mass is 9.98. The molecule has 138 valence electrons. The highest BCUT2D eigenvalue weighted by Gasteiger charge is 2.18. The van der Waals surface area contributed by atoms with Crippen LogP contribution in [0.3, 0.4) is 0 Å². The Hall–Kier alpha value is -3.28. The third-order valence-electron chi connectivity index (χ3n) is 3.93. The Morgan fingerprint density at radius 2 is 1.52 bits per heavy atom. The van der Waals surface area contributed by atoms with Gasteiger partial charge in [-0.3, -0.25) is 4.79 Å². The first kappa shape index (κ1) is 18.5. The highest BCUT2D eigenvalue weighted by Crippen LogP contribution is 2.25. The number of halogens is 3. The minimum absolute atomic E-state index is 0.0250. The molecule has 0 fully saturated rings. The molecule has 3 aromatic rings. The molecule has 0 aliphatic heterocycles. The van der Waals surface area contributed by atoms with Gasteiger partial charge in [-0.1, -0.05) is 48.5 Å². The van der Waals surface area contributed by atoms with Crippen LogP contribution >= 0.6 is 0 Å². The van der Waals surface area contributed by atoms with Gasteiger partial charge in [0.25, 0.3) is 5.91 Å². The maximum Gasteiger partial charge on any atom is 0.387 e. The fourth-order valence-corrected chi connectivity index (χ4v) is 2.69. The quantitative estimate of drug-likeness (QED) is 0.666. The molecule has 0 aliphatic carbocycles. The van der Waals surface area contributed by atoms with E-state index < -0.39 is 24.4 Å². The molecular formula is C21H16F3NO2. The van der Waals surface area contributed by atoms with Crippen molar-refractivity contribution in [2.45, 2.75) is 12.7 Å². The topological polar surface area (TPSA) is 38.3 Å². The zero-order valence-corrected chi connectivity index (χ0v) is 14.1. The summed E-state index contributed by atoms with van der Waals surface area (Å²) in [4.78, 5) is 12.6. The lowest BCUT2D eigenvalue weighted by Crippen LogP contribution is -2.29. The molecule has 0 bridgehead atoms. The molecule has 0 heterocycles. The van der Waals surface area contributed by atoms with Crippen LogP contribution in [0.1, 0.15) is 27.5 Å². The second-order valence-electron chi connectivity index (χ2n) is 5.78. The Bertz CT molecular complexity index is 899. The number of amides is 1. The average Bonchev–Trinajstić information content (AvgIpc) is 2.67. The summed E-state index contributed by atoms with van der Waals surface area (Å²) in [5, 5.41) is 2.86. The summed E-state index contributed by atoms with van der Waals surface area (Å²) in [6.07, 6.45) is 0. The van der Waals surface area contributed by atoms with Gasteiger partial charge in [-0.15, -0.1) is 0 Å². The standard InChI is InChI=1S/C21H16F3NO2/c22-17-8-4-7-16(13-17)20(26)25-19(14-5-2-1-3-6-14)15-9-11-18(12-10-15)27-21(23)24/h1-13,19,21H,(H,25,26)/t19-/m0/s1. The molecule has 0 aliphatic rings. The molecule has 3 rings (SSSR count). The smallest absolute Gasteiger partial charge is 0.387 e. The first-order valence-electron chi connectivity index (χ1n) is 8.19. The second kappa shape index (κ2) is 8.40. The van der Waals surface area contributed by atoms with Crippen LogP contribution in [0.5, 0.6) is 5.75 Å².